The van der Waals surface area contributed by atoms with Crippen LogP contribution >= 0.6 is 11.9 Å². The van der Waals surface area contributed by atoms with Gasteiger partial charge in [-0.25, -0.2) is 4.31 Å². The number of amidine groups is 1. The molecule has 1 heterocycles. The first-order valence-corrected chi connectivity index (χ1v) is 14.5. The number of halogens is 3. The molecule has 1 saturated carbocycles. The summed E-state index contributed by atoms with van der Waals surface area (Å²) in [5, 5.41) is 8.81. The van der Waals surface area contributed by atoms with Gasteiger partial charge in [0.2, 0.25) is 0 Å². The maximum atomic E-state index is 12.6. The predicted molar refractivity (Wildman–Crippen MR) is 152 cm³/mol. The molecular formula is C29H43F3N4OS. The summed E-state index contributed by atoms with van der Waals surface area (Å²) in [4.78, 5) is 16.7. The van der Waals surface area contributed by atoms with Crippen LogP contribution in [0.5, 0.6) is 0 Å². The molecule has 1 aromatic rings. The van der Waals surface area contributed by atoms with E-state index in [2.05, 4.69) is 57.4 Å². The van der Waals surface area contributed by atoms with Crippen LogP contribution in [0.2, 0.25) is 0 Å². The number of carbonyl (C=O) groups is 1. The molecule has 0 aromatic heterocycles. The van der Waals surface area contributed by atoms with Crippen molar-refractivity contribution >= 4 is 30.1 Å². The SMILES string of the molecule is CN=C(NC1(C=O)CCN(S/C=C/c2c(C)cc(CNC)cc2C)CC1)C1CCC(CCC(F)(F)F)CC1. The van der Waals surface area contributed by atoms with Crippen LogP contribution in [0.25, 0.3) is 6.08 Å². The van der Waals surface area contributed by atoms with Crippen LogP contribution in [0.15, 0.2) is 22.5 Å². The number of benzene rings is 1. The van der Waals surface area contributed by atoms with Crippen molar-refractivity contribution in [2.75, 3.05) is 27.2 Å². The highest BCUT2D eigenvalue weighted by atomic mass is 32.2. The lowest BCUT2D eigenvalue weighted by Crippen LogP contribution is -2.57. The minimum Gasteiger partial charge on any atom is -0.361 e. The number of hydrogen-bond donors (Lipinski definition) is 2. The molecule has 1 aliphatic carbocycles. The number of piperidine rings is 1. The van der Waals surface area contributed by atoms with E-state index in [1.807, 2.05) is 7.05 Å². The zero-order chi connectivity index (χ0) is 27.8. The highest BCUT2D eigenvalue weighted by molar-refractivity contribution is 8.00. The zero-order valence-corrected chi connectivity index (χ0v) is 24.0. The monoisotopic (exact) mass is 552 g/mol. The van der Waals surface area contributed by atoms with Crippen molar-refractivity contribution in [3.05, 3.63) is 39.8 Å². The van der Waals surface area contributed by atoms with E-state index in [1.165, 1.54) is 22.3 Å². The lowest BCUT2D eigenvalue weighted by molar-refractivity contribution is -0.138. The Kier molecular flexibility index (Phi) is 11.3. The van der Waals surface area contributed by atoms with E-state index >= 15 is 0 Å². The van der Waals surface area contributed by atoms with Gasteiger partial charge in [0.1, 0.15) is 6.29 Å². The second-order valence-corrected chi connectivity index (χ2v) is 11.9. The molecule has 9 heteroatoms. The highest BCUT2D eigenvalue weighted by Crippen LogP contribution is 2.36. The van der Waals surface area contributed by atoms with Gasteiger partial charge in [-0.05, 0) is 105 Å². The largest absolute Gasteiger partial charge is 0.389 e. The van der Waals surface area contributed by atoms with Gasteiger partial charge in [-0.1, -0.05) is 24.1 Å². The third-order valence-electron chi connectivity index (χ3n) is 8.01. The molecule has 5 nitrogen and oxygen atoms in total. The Bertz CT molecular complexity index is 956. The smallest absolute Gasteiger partial charge is 0.361 e. The number of aldehydes is 1. The Labute approximate surface area is 230 Å². The van der Waals surface area contributed by atoms with E-state index in [-0.39, 0.29) is 18.3 Å². The summed E-state index contributed by atoms with van der Waals surface area (Å²) in [7, 11) is 3.69. The second-order valence-electron chi connectivity index (χ2n) is 10.9. The third kappa shape index (κ3) is 8.85. The van der Waals surface area contributed by atoms with Crippen molar-refractivity contribution in [1.29, 1.82) is 0 Å². The van der Waals surface area contributed by atoms with Gasteiger partial charge in [0.15, 0.2) is 0 Å². The Balaban J connectivity index is 1.50. The number of aryl methyl sites for hydroxylation is 2. The van der Waals surface area contributed by atoms with Crippen LogP contribution in [0, 0.1) is 25.7 Å². The van der Waals surface area contributed by atoms with Crippen LogP contribution in [0.1, 0.15) is 73.6 Å². The first kappa shape index (κ1) is 30.7. The van der Waals surface area contributed by atoms with Crippen molar-refractivity contribution in [2.45, 2.75) is 83.5 Å². The number of rotatable bonds is 10. The van der Waals surface area contributed by atoms with E-state index in [0.29, 0.717) is 12.8 Å². The molecule has 2 N–H and O–H groups in total. The van der Waals surface area contributed by atoms with Crippen LogP contribution in [-0.4, -0.2) is 55.3 Å². The Morgan fingerprint density at radius 2 is 1.79 bits per heavy atom. The van der Waals surface area contributed by atoms with E-state index in [0.717, 1.165) is 57.4 Å². The molecule has 0 bridgehead atoms. The quantitative estimate of drug-likeness (QED) is 0.151. The van der Waals surface area contributed by atoms with Gasteiger partial charge in [0, 0.05) is 39.0 Å². The van der Waals surface area contributed by atoms with Crippen LogP contribution < -0.4 is 10.6 Å². The van der Waals surface area contributed by atoms with Gasteiger partial charge in [-0.2, -0.15) is 13.2 Å². The molecule has 2 aliphatic rings. The first-order valence-electron chi connectivity index (χ1n) is 13.7. The minimum absolute atomic E-state index is 0.123. The fourth-order valence-electron chi connectivity index (χ4n) is 5.77. The molecule has 3 rings (SSSR count). The Morgan fingerprint density at radius 1 is 1.16 bits per heavy atom. The van der Waals surface area contributed by atoms with Crippen molar-refractivity contribution in [3.63, 3.8) is 0 Å². The first-order chi connectivity index (χ1) is 18.1. The van der Waals surface area contributed by atoms with Crippen molar-refractivity contribution in [1.82, 2.24) is 14.9 Å². The van der Waals surface area contributed by atoms with E-state index in [4.69, 9.17) is 0 Å². The van der Waals surface area contributed by atoms with Crippen molar-refractivity contribution in [2.24, 2.45) is 16.8 Å². The molecule has 1 saturated heterocycles. The van der Waals surface area contributed by atoms with Crippen molar-refractivity contribution in [3.8, 4) is 0 Å². The molecule has 0 radical (unpaired) electrons. The van der Waals surface area contributed by atoms with Gasteiger partial charge >= 0.3 is 6.18 Å². The Hall–Kier alpha value is -1.84. The summed E-state index contributed by atoms with van der Waals surface area (Å²) in [5.74, 6) is 1.14. The lowest BCUT2D eigenvalue weighted by atomic mass is 9.78. The average molecular weight is 553 g/mol. The zero-order valence-electron chi connectivity index (χ0n) is 23.2. The molecule has 38 heavy (non-hydrogen) atoms. The van der Waals surface area contributed by atoms with Gasteiger partial charge in [0.25, 0.3) is 0 Å². The molecule has 1 aliphatic heterocycles. The van der Waals surface area contributed by atoms with Gasteiger partial charge in [-0.3, -0.25) is 4.99 Å². The van der Waals surface area contributed by atoms with Crippen LogP contribution in [0.4, 0.5) is 13.2 Å². The number of aliphatic imine (C=N–C) groups is 1. The average Bonchev–Trinajstić information content (AvgIpc) is 2.89. The fourth-order valence-corrected chi connectivity index (χ4v) is 6.53. The summed E-state index contributed by atoms with van der Waals surface area (Å²) >= 11 is 1.68. The molecule has 212 valence electrons. The molecule has 0 atom stereocenters. The van der Waals surface area contributed by atoms with Crippen molar-refractivity contribution < 1.29 is 18.0 Å². The van der Waals surface area contributed by atoms with Gasteiger partial charge < -0.3 is 15.4 Å². The minimum atomic E-state index is -4.08. The summed E-state index contributed by atoms with van der Waals surface area (Å²) in [5.41, 5.74) is 4.41. The molecule has 0 amide bonds. The molecular weight excluding hydrogens is 509 g/mol. The standard InChI is InChI=1S/C29H43F3N4OS/c1-21-17-24(19-33-3)18-22(2)26(21)10-16-38-36-14-12-28(20-37,13-15-36)35-27(34-4)25-7-5-23(6-8-25)9-11-29(30,31)32/h10,16-18,20,23,25,33H,5-9,11-15,19H2,1-4H3,(H,34,35)/b16-10+. The topological polar surface area (TPSA) is 56.7 Å². The van der Waals surface area contributed by atoms with E-state index < -0.39 is 18.1 Å². The van der Waals surface area contributed by atoms with Gasteiger partial charge in [0.05, 0.1) is 11.4 Å². The van der Waals surface area contributed by atoms with E-state index in [1.54, 1.807) is 19.0 Å². The van der Waals surface area contributed by atoms with Crippen LogP contribution in [-0.2, 0) is 11.3 Å². The molecule has 1 aromatic carbocycles. The van der Waals surface area contributed by atoms with Gasteiger partial charge in [-0.15, -0.1) is 0 Å². The Morgan fingerprint density at radius 3 is 2.32 bits per heavy atom. The second kappa shape index (κ2) is 14.0. The lowest BCUT2D eigenvalue weighted by Gasteiger charge is -2.40. The maximum absolute atomic E-state index is 12.6. The summed E-state index contributed by atoms with van der Waals surface area (Å²) in [6.45, 7) is 6.70. The number of nitrogens with one attached hydrogen (secondary N) is 2. The van der Waals surface area contributed by atoms with E-state index in [9.17, 15) is 18.0 Å². The molecule has 2 fully saturated rings. The molecule has 0 unspecified atom stereocenters. The summed E-state index contributed by atoms with van der Waals surface area (Å²) in [6.07, 6.45) is 3.21. The fraction of sp³-hybridized carbons (Fsp3) is 0.655. The number of hydrogen-bond acceptors (Lipinski definition) is 5. The number of nitrogens with zero attached hydrogens (tertiary/aromatic N) is 2. The van der Waals surface area contributed by atoms with Crippen LogP contribution in [0.3, 0.4) is 0 Å². The number of carbonyl (C=O) groups excluding carboxylic acids is 1. The third-order valence-corrected chi connectivity index (χ3v) is 8.93. The number of alkyl halides is 3. The predicted octanol–water partition coefficient (Wildman–Crippen LogP) is 6.44. The summed E-state index contributed by atoms with van der Waals surface area (Å²) < 4.78 is 40.0. The maximum Gasteiger partial charge on any atom is 0.389 e. The molecule has 0 spiro atoms. The highest BCUT2D eigenvalue weighted by Gasteiger charge is 2.37. The normalized spacial score (nSPS) is 23.1. The summed E-state index contributed by atoms with van der Waals surface area (Å²) in [6, 6.07) is 4.45.